The minimum Gasteiger partial charge on any atom is -0.315 e. The maximum absolute atomic E-state index is 13.8. The van der Waals surface area contributed by atoms with E-state index in [1.165, 1.54) is 7.05 Å². The number of halogens is 3. The number of nitrogens with zero attached hydrogens (tertiary/aromatic N) is 1. The third-order valence-corrected chi connectivity index (χ3v) is 6.02. The molecule has 4 nitrogen and oxygen atoms in total. The van der Waals surface area contributed by atoms with E-state index in [1.807, 2.05) is 0 Å². The molecule has 1 fully saturated rings. The maximum Gasteiger partial charge on any atom is 0.247 e. The van der Waals surface area contributed by atoms with Crippen molar-refractivity contribution >= 4 is 26.0 Å². The average molecular weight is 355 g/mol. The van der Waals surface area contributed by atoms with Crippen LogP contribution < -0.4 is 5.32 Å². The van der Waals surface area contributed by atoms with Crippen LogP contribution in [-0.4, -0.2) is 38.9 Å². The first kappa shape index (κ1) is 14.8. The van der Waals surface area contributed by atoms with Crippen LogP contribution in [0.25, 0.3) is 0 Å². The van der Waals surface area contributed by atoms with Crippen LogP contribution in [0.4, 0.5) is 8.78 Å². The first-order valence-electron chi connectivity index (χ1n) is 5.67. The molecule has 1 saturated heterocycles. The summed E-state index contributed by atoms with van der Waals surface area (Å²) in [4.78, 5) is -0.525. The van der Waals surface area contributed by atoms with E-state index >= 15 is 0 Å². The lowest BCUT2D eigenvalue weighted by Gasteiger charge is -2.23. The number of likely N-dealkylation sites (N-methyl/N-ethyl adjacent to an activating group) is 1. The van der Waals surface area contributed by atoms with Gasteiger partial charge in [-0.15, -0.1) is 0 Å². The molecule has 19 heavy (non-hydrogen) atoms. The van der Waals surface area contributed by atoms with Crippen LogP contribution in [0.3, 0.4) is 0 Å². The number of hydrogen-bond acceptors (Lipinski definition) is 3. The molecule has 1 heterocycles. The number of rotatable bonds is 3. The fourth-order valence-corrected chi connectivity index (χ4v) is 4.56. The Balaban J connectivity index is 2.44. The van der Waals surface area contributed by atoms with Gasteiger partial charge in [0, 0.05) is 30.2 Å². The van der Waals surface area contributed by atoms with E-state index in [2.05, 4.69) is 21.2 Å². The van der Waals surface area contributed by atoms with Gasteiger partial charge in [-0.2, -0.15) is 4.31 Å². The quantitative estimate of drug-likeness (QED) is 0.898. The minimum absolute atomic E-state index is 0.109. The molecular formula is C11H13BrF2N2O2S. The zero-order valence-corrected chi connectivity index (χ0v) is 12.6. The molecule has 1 N–H and O–H groups in total. The van der Waals surface area contributed by atoms with E-state index in [1.54, 1.807) is 0 Å². The first-order chi connectivity index (χ1) is 8.84. The summed E-state index contributed by atoms with van der Waals surface area (Å²) in [5.74, 6) is -1.92. The van der Waals surface area contributed by atoms with Gasteiger partial charge in [0.05, 0.1) is 0 Å². The van der Waals surface area contributed by atoms with Crippen molar-refractivity contribution in [3.8, 4) is 0 Å². The van der Waals surface area contributed by atoms with Crippen LogP contribution >= 0.6 is 15.9 Å². The van der Waals surface area contributed by atoms with Gasteiger partial charge in [-0.3, -0.25) is 0 Å². The van der Waals surface area contributed by atoms with Gasteiger partial charge in [0.1, 0.15) is 16.5 Å². The molecule has 1 aromatic rings. The van der Waals surface area contributed by atoms with E-state index in [0.29, 0.717) is 19.0 Å². The molecule has 0 spiro atoms. The summed E-state index contributed by atoms with van der Waals surface area (Å²) in [5.41, 5.74) is 0. The monoisotopic (exact) mass is 354 g/mol. The van der Waals surface area contributed by atoms with Crippen LogP contribution in [0.2, 0.25) is 0 Å². The lowest BCUT2D eigenvalue weighted by molar-refractivity contribution is 0.384. The minimum atomic E-state index is -4.00. The molecule has 1 unspecified atom stereocenters. The second-order valence-corrected chi connectivity index (χ2v) is 7.16. The SMILES string of the molecule is CN(C1CCNC1)S(=O)(=O)c1c(F)cc(F)cc1Br. The molecule has 1 atom stereocenters. The second-order valence-electron chi connectivity index (χ2n) is 4.37. The topological polar surface area (TPSA) is 49.4 Å². The average Bonchev–Trinajstić information content (AvgIpc) is 2.78. The molecule has 106 valence electrons. The summed E-state index contributed by atoms with van der Waals surface area (Å²) < 4.78 is 52.6. The maximum atomic E-state index is 13.8. The van der Waals surface area contributed by atoms with Crippen LogP contribution in [0.5, 0.6) is 0 Å². The fraction of sp³-hybridized carbons (Fsp3) is 0.455. The predicted octanol–water partition coefficient (Wildman–Crippen LogP) is 1.71. The fourth-order valence-electron chi connectivity index (χ4n) is 2.07. The van der Waals surface area contributed by atoms with Gasteiger partial charge in [-0.05, 0) is 35.0 Å². The number of hydrogen-bond donors (Lipinski definition) is 1. The largest absolute Gasteiger partial charge is 0.315 e. The lowest BCUT2D eigenvalue weighted by atomic mass is 10.3. The molecule has 1 aliphatic heterocycles. The molecule has 0 aromatic heterocycles. The molecule has 0 amide bonds. The summed E-state index contributed by atoms with van der Waals surface area (Å²) in [6, 6.07) is 1.29. The zero-order chi connectivity index (χ0) is 14.2. The molecule has 2 rings (SSSR count). The van der Waals surface area contributed by atoms with Crippen LogP contribution in [-0.2, 0) is 10.0 Å². The Hall–Kier alpha value is -0.570. The van der Waals surface area contributed by atoms with E-state index in [-0.39, 0.29) is 10.5 Å². The summed E-state index contributed by atoms with van der Waals surface area (Å²) >= 11 is 2.91. The summed E-state index contributed by atoms with van der Waals surface area (Å²) in [5, 5.41) is 3.04. The molecule has 0 saturated carbocycles. The van der Waals surface area contributed by atoms with Crippen molar-refractivity contribution in [1.82, 2.24) is 9.62 Å². The van der Waals surface area contributed by atoms with E-state index in [4.69, 9.17) is 0 Å². The van der Waals surface area contributed by atoms with Gasteiger partial charge >= 0.3 is 0 Å². The Morgan fingerprint density at radius 1 is 1.42 bits per heavy atom. The molecule has 0 radical (unpaired) electrons. The van der Waals surface area contributed by atoms with Crippen molar-refractivity contribution in [2.75, 3.05) is 20.1 Å². The van der Waals surface area contributed by atoms with Crippen molar-refractivity contribution < 1.29 is 17.2 Å². The molecule has 1 aliphatic rings. The molecular weight excluding hydrogens is 342 g/mol. The third kappa shape index (κ3) is 2.81. The number of nitrogens with one attached hydrogen (secondary N) is 1. The summed E-state index contributed by atoms with van der Waals surface area (Å²) in [6.07, 6.45) is 0.663. The Labute approximate surface area is 119 Å². The van der Waals surface area contributed by atoms with Crippen LogP contribution in [0, 0.1) is 11.6 Å². The lowest BCUT2D eigenvalue weighted by Crippen LogP contribution is -2.38. The molecule has 0 bridgehead atoms. The third-order valence-electron chi connectivity index (χ3n) is 3.15. The number of benzene rings is 1. The molecule has 8 heteroatoms. The smallest absolute Gasteiger partial charge is 0.247 e. The molecule has 0 aliphatic carbocycles. The highest BCUT2D eigenvalue weighted by Crippen LogP contribution is 2.29. The van der Waals surface area contributed by atoms with Gasteiger partial charge in [-0.1, -0.05) is 0 Å². The Bertz CT molecular complexity index is 565. The summed E-state index contributed by atoms with van der Waals surface area (Å²) in [7, 11) is -2.59. The van der Waals surface area contributed by atoms with Gasteiger partial charge in [0.15, 0.2) is 0 Å². The Morgan fingerprint density at radius 2 is 2.11 bits per heavy atom. The highest BCUT2D eigenvalue weighted by molar-refractivity contribution is 9.10. The van der Waals surface area contributed by atoms with Crippen molar-refractivity contribution in [1.29, 1.82) is 0 Å². The normalized spacial score (nSPS) is 20.2. The highest BCUT2D eigenvalue weighted by Gasteiger charge is 2.33. The summed E-state index contributed by atoms with van der Waals surface area (Å²) in [6.45, 7) is 1.24. The Morgan fingerprint density at radius 3 is 2.63 bits per heavy atom. The van der Waals surface area contributed by atoms with Crippen LogP contribution in [0.15, 0.2) is 21.5 Å². The van der Waals surface area contributed by atoms with Crippen molar-refractivity contribution in [2.45, 2.75) is 17.4 Å². The van der Waals surface area contributed by atoms with Gasteiger partial charge in [0.2, 0.25) is 10.0 Å². The van der Waals surface area contributed by atoms with Gasteiger partial charge in [0.25, 0.3) is 0 Å². The molecule has 1 aromatic carbocycles. The van der Waals surface area contributed by atoms with Crippen molar-refractivity contribution in [3.63, 3.8) is 0 Å². The van der Waals surface area contributed by atoms with E-state index in [9.17, 15) is 17.2 Å². The van der Waals surface area contributed by atoms with Gasteiger partial charge in [-0.25, -0.2) is 17.2 Å². The van der Waals surface area contributed by atoms with Crippen LogP contribution in [0.1, 0.15) is 6.42 Å². The van der Waals surface area contributed by atoms with Crippen molar-refractivity contribution in [2.24, 2.45) is 0 Å². The zero-order valence-electron chi connectivity index (χ0n) is 10.2. The second kappa shape index (κ2) is 5.43. The van der Waals surface area contributed by atoms with Gasteiger partial charge < -0.3 is 5.32 Å². The van der Waals surface area contributed by atoms with E-state index in [0.717, 1.165) is 16.9 Å². The Kier molecular flexibility index (Phi) is 4.24. The van der Waals surface area contributed by atoms with Crippen molar-refractivity contribution in [3.05, 3.63) is 28.2 Å². The highest BCUT2D eigenvalue weighted by atomic mass is 79.9. The standard InChI is InChI=1S/C11H13BrF2N2O2S/c1-16(8-2-3-15-6-8)19(17,18)11-9(12)4-7(13)5-10(11)14/h4-5,8,15H,2-3,6H2,1H3. The first-order valence-corrected chi connectivity index (χ1v) is 7.90. The number of sulfonamides is 1. The van der Waals surface area contributed by atoms with E-state index < -0.39 is 26.6 Å². The predicted molar refractivity (Wildman–Crippen MR) is 70.3 cm³/mol.